The van der Waals surface area contributed by atoms with E-state index in [1.807, 2.05) is 13.8 Å². The summed E-state index contributed by atoms with van der Waals surface area (Å²) in [7, 11) is 0. The van der Waals surface area contributed by atoms with Crippen molar-refractivity contribution in [2.75, 3.05) is 19.8 Å². The second-order valence-electron chi connectivity index (χ2n) is 19.2. The van der Waals surface area contributed by atoms with Crippen LogP contribution in [0, 0.1) is 62.6 Å². The van der Waals surface area contributed by atoms with Crippen LogP contribution in [0.1, 0.15) is 121 Å². The number of hydrogen-bond donors (Lipinski definition) is 1. The Hall–Kier alpha value is -0.940. The smallest absolute Gasteiger partial charge is 0.163 e. The molecule has 0 bridgehead atoms. The molecule has 2 saturated heterocycles. The molecular formula is C40H62O6. The van der Waals surface area contributed by atoms with Crippen molar-refractivity contribution in [2.24, 2.45) is 50.2 Å². The Bertz CT molecular complexity index is 1310. The van der Waals surface area contributed by atoms with Crippen molar-refractivity contribution in [1.82, 2.24) is 0 Å². The first-order chi connectivity index (χ1) is 21.3. The minimum Gasteiger partial charge on any atom is -0.390 e. The minimum absolute atomic E-state index is 0.0476. The highest BCUT2D eigenvalue weighted by atomic mass is 16.7. The summed E-state index contributed by atoms with van der Waals surface area (Å²) in [5, 5.41) is 12.0. The molecule has 6 fully saturated rings. The van der Waals surface area contributed by atoms with Gasteiger partial charge in [0, 0.05) is 0 Å². The van der Waals surface area contributed by atoms with Crippen molar-refractivity contribution < 1.29 is 28.8 Å². The van der Waals surface area contributed by atoms with Gasteiger partial charge in [0.1, 0.15) is 6.61 Å². The second kappa shape index (κ2) is 10.3. The zero-order valence-corrected chi connectivity index (χ0v) is 30.5. The average Bonchev–Trinajstić information content (AvgIpc) is 3.06. The molecule has 3 unspecified atom stereocenters. The summed E-state index contributed by atoms with van der Waals surface area (Å²) in [6.45, 7) is 24.5. The van der Waals surface area contributed by atoms with Crippen LogP contribution in [-0.2, 0) is 23.7 Å². The van der Waals surface area contributed by atoms with E-state index in [2.05, 4.69) is 67.4 Å². The molecule has 7 rings (SSSR count). The van der Waals surface area contributed by atoms with Crippen LogP contribution in [0.3, 0.4) is 0 Å². The molecule has 5 aliphatic carbocycles. The van der Waals surface area contributed by atoms with Gasteiger partial charge in [-0.2, -0.15) is 0 Å². The summed E-state index contributed by atoms with van der Waals surface area (Å²) in [5.41, 5.74) is 1.14. The lowest BCUT2D eigenvalue weighted by atomic mass is 9.32. The van der Waals surface area contributed by atoms with E-state index < -0.39 is 29.2 Å². The number of fused-ring (bicyclic) bond motifs is 8. The third-order valence-electron chi connectivity index (χ3n) is 15.7. The van der Waals surface area contributed by atoms with Gasteiger partial charge in [-0.1, -0.05) is 59.1 Å². The van der Waals surface area contributed by atoms with Gasteiger partial charge in [0.25, 0.3) is 0 Å². The van der Waals surface area contributed by atoms with Crippen LogP contribution < -0.4 is 0 Å². The van der Waals surface area contributed by atoms with Crippen LogP contribution in [0.2, 0.25) is 0 Å². The highest BCUT2D eigenvalue weighted by Crippen LogP contribution is 2.77. The van der Waals surface area contributed by atoms with E-state index in [0.29, 0.717) is 18.4 Å². The molecule has 46 heavy (non-hydrogen) atoms. The van der Waals surface area contributed by atoms with Crippen LogP contribution in [-0.4, -0.2) is 60.9 Å². The molecule has 0 spiro atoms. The van der Waals surface area contributed by atoms with Crippen LogP contribution in [0.4, 0.5) is 0 Å². The summed E-state index contributed by atoms with van der Waals surface area (Å²) in [4.78, 5) is 0. The number of aliphatic hydroxyl groups excluding tert-OH is 1. The zero-order valence-electron chi connectivity index (χ0n) is 30.5. The van der Waals surface area contributed by atoms with E-state index in [9.17, 15) is 5.11 Å². The Morgan fingerprint density at radius 2 is 1.57 bits per heavy atom. The number of terminal acetylenes is 1. The monoisotopic (exact) mass is 638 g/mol. The topological polar surface area (TPSA) is 66.4 Å². The molecule has 6 nitrogen and oxygen atoms in total. The number of hydrogen-bond acceptors (Lipinski definition) is 6. The van der Waals surface area contributed by atoms with Crippen molar-refractivity contribution in [2.45, 2.75) is 157 Å². The largest absolute Gasteiger partial charge is 0.390 e. The van der Waals surface area contributed by atoms with Crippen molar-refractivity contribution in [3.63, 3.8) is 0 Å². The zero-order chi connectivity index (χ0) is 33.3. The van der Waals surface area contributed by atoms with Gasteiger partial charge < -0.3 is 28.8 Å². The Balaban J connectivity index is 1.32. The predicted molar refractivity (Wildman–Crippen MR) is 179 cm³/mol. The number of rotatable bonds is 3. The standard InChI is InChI=1S/C40H62O6/c1-12-20-42-24-40-26-22-33(2,3)31(41)32(40)46-35(6,7)45-30(40)23-39(11)25(26)13-14-28-36(8)17-16-29-37(9,19-21-43-34(4,5)44-29)27(36)15-18-38(28,39)10/h1,13,26-32,41H,14-24H2,2-11H3/t26?,27?,28?,29-,30+,31-,32-,36-,37+,38+,39+,40-/m0/s1. The van der Waals surface area contributed by atoms with Crippen molar-refractivity contribution in [1.29, 1.82) is 0 Å². The van der Waals surface area contributed by atoms with E-state index in [0.717, 1.165) is 38.7 Å². The van der Waals surface area contributed by atoms with Gasteiger partial charge in [-0.25, -0.2) is 0 Å². The van der Waals surface area contributed by atoms with Crippen molar-refractivity contribution >= 4 is 0 Å². The van der Waals surface area contributed by atoms with Gasteiger partial charge in [0.15, 0.2) is 11.6 Å². The lowest BCUT2D eigenvalue weighted by molar-refractivity contribution is -0.404. The maximum Gasteiger partial charge on any atom is 0.163 e. The SMILES string of the molecule is C#CCOC[C@@]12C3CC(C)(C)[C@@H](O)[C@@H]1OC(C)(C)O[C@@H]2C[C@]1(C)C3=CCC2[C@@]3(C)CC[C@@H]4OC(C)(C)OCC[C@]4(C)C3CC[C@]21C. The predicted octanol–water partition coefficient (Wildman–Crippen LogP) is 7.67. The van der Waals surface area contributed by atoms with E-state index in [1.54, 1.807) is 5.57 Å². The normalized spacial score (nSPS) is 53.1. The van der Waals surface area contributed by atoms with Crippen LogP contribution >= 0.6 is 0 Å². The lowest BCUT2D eigenvalue weighted by Gasteiger charge is -2.74. The van der Waals surface area contributed by atoms with Crippen molar-refractivity contribution in [3.8, 4) is 12.3 Å². The van der Waals surface area contributed by atoms with E-state index in [4.69, 9.17) is 30.1 Å². The number of allylic oxidation sites excluding steroid dienone is 2. The summed E-state index contributed by atoms with van der Waals surface area (Å²) in [6.07, 6.45) is 16.1. The van der Waals surface area contributed by atoms with Gasteiger partial charge in [-0.3, -0.25) is 0 Å². The molecule has 6 heteroatoms. The molecule has 4 saturated carbocycles. The van der Waals surface area contributed by atoms with Gasteiger partial charge in [0.2, 0.25) is 0 Å². The van der Waals surface area contributed by atoms with Crippen LogP contribution in [0.5, 0.6) is 0 Å². The average molecular weight is 639 g/mol. The van der Waals surface area contributed by atoms with Crippen LogP contribution in [0.25, 0.3) is 0 Å². The Kier molecular flexibility index (Phi) is 7.51. The molecule has 12 atom stereocenters. The molecule has 0 amide bonds. The maximum atomic E-state index is 12.0. The van der Waals surface area contributed by atoms with E-state index in [-0.39, 0.29) is 51.8 Å². The van der Waals surface area contributed by atoms with E-state index >= 15 is 0 Å². The number of aliphatic hydroxyl groups is 1. The molecule has 0 aromatic carbocycles. The van der Waals surface area contributed by atoms with Gasteiger partial charge >= 0.3 is 0 Å². The van der Waals surface area contributed by atoms with Crippen LogP contribution in [0.15, 0.2) is 11.6 Å². The lowest BCUT2D eigenvalue weighted by Crippen LogP contribution is -2.76. The third-order valence-corrected chi connectivity index (χ3v) is 15.7. The summed E-state index contributed by atoms with van der Waals surface area (Å²) in [6, 6.07) is 0. The molecule has 2 aliphatic heterocycles. The first-order valence-corrected chi connectivity index (χ1v) is 18.4. The quantitative estimate of drug-likeness (QED) is 0.194. The fourth-order valence-electron chi connectivity index (χ4n) is 13.3. The highest BCUT2D eigenvalue weighted by Gasteiger charge is 2.75. The first kappa shape index (κ1) is 33.6. The molecule has 1 N–H and O–H groups in total. The number of ether oxygens (including phenoxy) is 5. The second-order valence-corrected chi connectivity index (χ2v) is 19.2. The summed E-state index contributed by atoms with van der Waals surface area (Å²) in [5.74, 6) is 2.70. The molecule has 0 radical (unpaired) electrons. The van der Waals surface area contributed by atoms with Crippen molar-refractivity contribution in [3.05, 3.63) is 11.6 Å². The Labute approximate surface area is 279 Å². The Morgan fingerprint density at radius 1 is 0.848 bits per heavy atom. The fraction of sp³-hybridized carbons (Fsp3) is 0.900. The molecule has 2 heterocycles. The molecule has 7 aliphatic rings. The fourth-order valence-corrected chi connectivity index (χ4v) is 13.3. The summed E-state index contributed by atoms with van der Waals surface area (Å²) < 4.78 is 33.1. The van der Waals surface area contributed by atoms with Gasteiger partial charge in [-0.05, 0) is 124 Å². The third kappa shape index (κ3) is 4.37. The first-order valence-electron chi connectivity index (χ1n) is 18.4. The maximum absolute atomic E-state index is 12.0. The highest BCUT2D eigenvalue weighted by molar-refractivity contribution is 5.37. The van der Waals surface area contributed by atoms with Gasteiger partial charge in [-0.15, -0.1) is 6.42 Å². The van der Waals surface area contributed by atoms with Gasteiger partial charge in [0.05, 0.1) is 43.0 Å². The molecule has 258 valence electrons. The summed E-state index contributed by atoms with van der Waals surface area (Å²) >= 11 is 0. The molecular weight excluding hydrogens is 576 g/mol. The van der Waals surface area contributed by atoms with E-state index in [1.165, 1.54) is 19.3 Å². The molecule has 0 aromatic heterocycles. The molecule has 0 aromatic rings. The minimum atomic E-state index is -0.803. The Morgan fingerprint density at radius 3 is 2.28 bits per heavy atom.